The zero-order valence-corrected chi connectivity index (χ0v) is 10.8. The van der Waals surface area contributed by atoms with Crippen molar-refractivity contribution in [2.24, 2.45) is 0 Å². The van der Waals surface area contributed by atoms with Gasteiger partial charge in [-0.05, 0) is 32.9 Å². The average Bonchev–Trinajstić information content (AvgIpc) is 2.24. The summed E-state index contributed by atoms with van der Waals surface area (Å²) >= 11 is 0. The number of ether oxygens (including phenoxy) is 1. The van der Waals surface area contributed by atoms with Gasteiger partial charge in [-0.25, -0.2) is 8.78 Å². The molecule has 2 N–H and O–H groups in total. The second-order valence-corrected chi connectivity index (χ2v) is 5.17. The lowest BCUT2D eigenvalue weighted by molar-refractivity contribution is 0.0979. The van der Waals surface area contributed by atoms with Crippen molar-refractivity contribution in [2.45, 2.75) is 32.4 Å². The van der Waals surface area contributed by atoms with Gasteiger partial charge in [0.2, 0.25) is 0 Å². The van der Waals surface area contributed by atoms with Gasteiger partial charge in [-0.1, -0.05) is 0 Å². The third kappa shape index (κ3) is 5.42. The topological polar surface area (TPSA) is 41.5 Å². The molecule has 0 radical (unpaired) electrons. The number of rotatable bonds is 5. The molecular formula is C13H19F2NO2. The van der Waals surface area contributed by atoms with Crippen LogP contribution in [0.3, 0.4) is 0 Å². The summed E-state index contributed by atoms with van der Waals surface area (Å²) in [6.45, 7) is 6.21. The summed E-state index contributed by atoms with van der Waals surface area (Å²) in [4.78, 5) is 0. The highest BCUT2D eigenvalue weighted by molar-refractivity contribution is 5.24. The number of halogens is 2. The molecule has 0 aliphatic heterocycles. The van der Waals surface area contributed by atoms with E-state index in [1.807, 2.05) is 20.8 Å². The van der Waals surface area contributed by atoms with Crippen LogP contribution in [0.1, 0.15) is 20.8 Å². The zero-order valence-electron chi connectivity index (χ0n) is 10.8. The van der Waals surface area contributed by atoms with Gasteiger partial charge < -0.3 is 15.2 Å². The third-order valence-corrected chi connectivity index (χ3v) is 2.19. The molecule has 3 nitrogen and oxygen atoms in total. The van der Waals surface area contributed by atoms with E-state index in [4.69, 9.17) is 4.74 Å². The van der Waals surface area contributed by atoms with Crippen LogP contribution < -0.4 is 10.1 Å². The quantitative estimate of drug-likeness (QED) is 0.850. The smallest absolute Gasteiger partial charge is 0.167 e. The Morgan fingerprint density at radius 2 is 2.00 bits per heavy atom. The zero-order chi connectivity index (χ0) is 13.8. The molecule has 102 valence electrons. The van der Waals surface area contributed by atoms with Gasteiger partial charge in [0.05, 0.1) is 0 Å². The molecule has 0 aliphatic rings. The van der Waals surface area contributed by atoms with Gasteiger partial charge in [0.25, 0.3) is 0 Å². The summed E-state index contributed by atoms with van der Waals surface area (Å²) in [5.74, 6) is -1.49. The molecule has 18 heavy (non-hydrogen) atoms. The molecule has 0 saturated heterocycles. The molecule has 1 aromatic carbocycles. The van der Waals surface area contributed by atoms with E-state index in [1.54, 1.807) is 0 Å². The number of aliphatic hydroxyl groups excluding tert-OH is 1. The van der Waals surface area contributed by atoms with Crippen molar-refractivity contribution in [1.82, 2.24) is 5.32 Å². The standard InChI is InChI=1S/C13H19F2NO2/c1-13(2,3)16-7-10(17)8-18-12-5-4-9(14)6-11(12)15/h4-6,10,16-17H,7-8H2,1-3H3. The predicted octanol–water partition coefficient (Wildman–Crippen LogP) is 2.09. The molecule has 0 aromatic heterocycles. The Morgan fingerprint density at radius 1 is 1.33 bits per heavy atom. The second-order valence-electron chi connectivity index (χ2n) is 5.17. The fourth-order valence-corrected chi connectivity index (χ4v) is 1.26. The normalized spacial score (nSPS) is 13.4. The molecule has 0 aliphatic carbocycles. The lowest BCUT2D eigenvalue weighted by Gasteiger charge is -2.23. The first-order valence-corrected chi connectivity index (χ1v) is 5.79. The third-order valence-electron chi connectivity index (χ3n) is 2.19. The number of benzene rings is 1. The predicted molar refractivity (Wildman–Crippen MR) is 65.6 cm³/mol. The molecule has 5 heteroatoms. The van der Waals surface area contributed by atoms with Crippen molar-refractivity contribution in [1.29, 1.82) is 0 Å². The van der Waals surface area contributed by atoms with Gasteiger partial charge >= 0.3 is 0 Å². The van der Waals surface area contributed by atoms with Gasteiger partial charge in [0.15, 0.2) is 11.6 Å². The Bertz CT molecular complexity index is 391. The van der Waals surface area contributed by atoms with E-state index in [-0.39, 0.29) is 17.9 Å². The minimum Gasteiger partial charge on any atom is -0.488 e. The molecule has 0 amide bonds. The van der Waals surface area contributed by atoms with Crippen molar-refractivity contribution in [3.8, 4) is 5.75 Å². The van der Waals surface area contributed by atoms with E-state index in [9.17, 15) is 13.9 Å². The Balaban J connectivity index is 2.40. The molecule has 1 atom stereocenters. The van der Waals surface area contributed by atoms with Gasteiger partial charge in [0.1, 0.15) is 18.5 Å². The van der Waals surface area contributed by atoms with E-state index in [2.05, 4.69) is 5.32 Å². The summed E-state index contributed by atoms with van der Waals surface area (Å²) in [6.07, 6.45) is -0.756. The SMILES string of the molecule is CC(C)(C)NCC(O)COc1ccc(F)cc1F. The first-order chi connectivity index (χ1) is 8.28. The van der Waals surface area contributed by atoms with Crippen LogP contribution >= 0.6 is 0 Å². The number of β-amino-alcohol motifs (C(OH)–C–C–N with tert-alkyl or cyclic N) is 1. The summed E-state index contributed by atoms with van der Waals surface area (Å²) in [5, 5.41) is 12.7. The molecule has 0 fully saturated rings. The van der Waals surface area contributed by atoms with Crippen molar-refractivity contribution in [3.05, 3.63) is 29.8 Å². The van der Waals surface area contributed by atoms with Crippen LogP contribution in [0.4, 0.5) is 8.78 Å². The van der Waals surface area contributed by atoms with Crippen molar-refractivity contribution in [3.63, 3.8) is 0 Å². The van der Waals surface area contributed by atoms with E-state index >= 15 is 0 Å². The molecule has 1 rings (SSSR count). The minimum atomic E-state index is -0.772. The average molecular weight is 259 g/mol. The summed E-state index contributed by atoms with van der Waals surface area (Å²) in [5.41, 5.74) is -0.109. The number of hydrogen-bond donors (Lipinski definition) is 2. The second kappa shape index (κ2) is 6.11. The molecule has 0 heterocycles. The fourth-order valence-electron chi connectivity index (χ4n) is 1.26. The molecule has 0 spiro atoms. The van der Waals surface area contributed by atoms with E-state index in [1.165, 1.54) is 6.07 Å². The van der Waals surface area contributed by atoms with Crippen LogP contribution in [0.2, 0.25) is 0 Å². The molecule has 0 bridgehead atoms. The van der Waals surface area contributed by atoms with Crippen LogP contribution in [0.5, 0.6) is 5.75 Å². The lowest BCUT2D eigenvalue weighted by atomic mass is 10.1. The summed E-state index contributed by atoms with van der Waals surface area (Å²) < 4.78 is 30.9. The number of hydrogen-bond acceptors (Lipinski definition) is 3. The van der Waals surface area contributed by atoms with Crippen LogP contribution in [0, 0.1) is 11.6 Å². The maximum Gasteiger partial charge on any atom is 0.167 e. The van der Waals surface area contributed by atoms with Crippen molar-refractivity contribution in [2.75, 3.05) is 13.2 Å². The fraction of sp³-hybridized carbons (Fsp3) is 0.538. The minimum absolute atomic E-state index is 0.0500. The highest BCUT2D eigenvalue weighted by Gasteiger charge is 2.13. The first-order valence-electron chi connectivity index (χ1n) is 5.79. The van der Waals surface area contributed by atoms with Gasteiger partial charge in [-0.15, -0.1) is 0 Å². The first kappa shape index (κ1) is 14.9. The Kier molecular flexibility index (Phi) is 5.04. The van der Waals surface area contributed by atoms with Crippen LogP contribution in [0.25, 0.3) is 0 Å². The monoisotopic (exact) mass is 259 g/mol. The van der Waals surface area contributed by atoms with E-state index in [0.29, 0.717) is 6.54 Å². The molecular weight excluding hydrogens is 240 g/mol. The maximum absolute atomic E-state index is 13.2. The molecule has 1 aromatic rings. The summed E-state index contributed by atoms with van der Waals surface area (Å²) in [7, 11) is 0. The Morgan fingerprint density at radius 3 is 2.56 bits per heavy atom. The van der Waals surface area contributed by atoms with Gasteiger partial charge in [-0.2, -0.15) is 0 Å². The van der Waals surface area contributed by atoms with Crippen LogP contribution in [0.15, 0.2) is 18.2 Å². The lowest BCUT2D eigenvalue weighted by Crippen LogP contribution is -2.42. The van der Waals surface area contributed by atoms with E-state index in [0.717, 1.165) is 12.1 Å². The molecule has 1 unspecified atom stereocenters. The Hall–Kier alpha value is -1.20. The van der Waals surface area contributed by atoms with E-state index < -0.39 is 17.7 Å². The highest BCUT2D eigenvalue weighted by Crippen LogP contribution is 2.17. The summed E-state index contributed by atoms with van der Waals surface area (Å²) in [6, 6.07) is 3.06. The highest BCUT2D eigenvalue weighted by atomic mass is 19.1. The molecule has 0 saturated carbocycles. The van der Waals surface area contributed by atoms with Crippen molar-refractivity contribution >= 4 is 0 Å². The number of aliphatic hydroxyl groups is 1. The van der Waals surface area contributed by atoms with Crippen molar-refractivity contribution < 1.29 is 18.6 Å². The van der Waals surface area contributed by atoms with Crippen LogP contribution in [-0.2, 0) is 0 Å². The van der Waals surface area contributed by atoms with Gasteiger partial charge in [-0.3, -0.25) is 0 Å². The largest absolute Gasteiger partial charge is 0.488 e. The Labute approximate surface area is 106 Å². The van der Waals surface area contributed by atoms with Gasteiger partial charge in [0, 0.05) is 18.2 Å². The number of nitrogens with one attached hydrogen (secondary N) is 1. The maximum atomic E-state index is 13.2. The van der Waals surface area contributed by atoms with Crippen LogP contribution in [-0.4, -0.2) is 29.9 Å².